The second-order valence-corrected chi connectivity index (χ2v) is 6.30. The van der Waals surface area contributed by atoms with Crippen LogP contribution in [0, 0.1) is 5.82 Å². The number of nitrogens with zero attached hydrogens (tertiary/aromatic N) is 1. The highest BCUT2D eigenvalue weighted by Gasteiger charge is 2.37. The lowest BCUT2D eigenvalue weighted by atomic mass is 9.95. The molecule has 0 amide bonds. The fourth-order valence-electron chi connectivity index (χ4n) is 3.70. The number of fused-ring (bicyclic) bond motifs is 1. The average molecular weight is 343 g/mol. The van der Waals surface area contributed by atoms with Crippen molar-refractivity contribution in [2.45, 2.75) is 24.9 Å². The summed E-state index contributed by atoms with van der Waals surface area (Å²) in [5.41, 5.74) is 1.59. The molecule has 0 spiro atoms. The fourth-order valence-corrected chi connectivity index (χ4v) is 3.70. The van der Waals surface area contributed by atoms with Crippen LogP contribution in [-0.4, -0.2) is 35.4 Å². The topological polar surface area (TPSA) is 59.0 Å². The Kier molecular flexibility index (Phi) is 4.05. The number of benzene rings is 2. The number of carboxylic acid groups (broad SMARTS) is 1. The van der Waals surface area contributed by atoms with Crippen molar-refractivity contribution in [3.05, 3.63) is 59.4 Å². The quantitative estimate of drug-likeness (QED) is 0.924. The van der Waals surface area contributed by atoms with Gasteiger partial charge in [0.15, 0.2) is 11.5 Å². The summed E-state index contributed by atoms with van der Waals surface area (Å²) >= 11 is 0. The van der Waals surface area contributed by atoms with E-state index in [4.69, 9.17) is 9.47 Å². The SMILES string of the molecule is O=C(O)C1CCCN1C(c1cccc(F)c1)c1ccc2c(c1)OCO2. The van der Waals surface area contributed by atoms with Crippen molar-refractivity contribution in [1.82, 2.24) is 4.90 Å². The average Bonchev–Trinajstić information content (AvgIpc) is 3.24. The molecule has 2 aliphatic rings. The molecule has 2 aromatic carbocycles. The third kappa shape index (κ3) is 2.93. The maximum atomic E-state index is 13.8. The van der Waals surface area contributed by atoms with E-state index in [-0.39, 0.29) is 18.7 Å². The van der Waals surface area contributed by atoms with E-state index < -0.39 is 12.0 Å². The summed E-state index contributed by atoms with van der Waals surface area (Å²) < 4.78 is 24.6. The van der Waals surface area contributed by atoms with Crippen molar-refractivity contribution >= 4 is 5.97 Å². The van der Waals surface area contributed by atoms with Crippen LogP contribution in [0.25, 0.3) is 0 Å². The van der Waals surface area contributed by atoms with Gasteiger partial charge in [-0.2, -0.15) is 0 Å². The molecule has 6 heteroatoms. The minimum Gasteiger partial charge on any atom is -0.480 e. The van der Waals surface area contributed by atoms with E-state index in [1.165, 1.54) is 12.1 Å². The van der Waals surface area contributed by atoms with Gasteiger partial charge in [0.1, 0.15) is 11.9 Å². The van der Waals surface area contributed by atoms with Crippen molar-refractivity contribution in [3.8, 4) is 11.5 Å². The van der Waals surface area contributed by atoms with Gasteiger partial charge in [-0.25, -0.2) is 4.39 Å². The van der Waals surface area contributed by atoms with Crippen LogP contribution in [0.3, 0.4) is 0 Å². The Bertz CT molecular complexity index is 810. The fraction of sp³-hybridized carbons (Fsp3) is 0.316. The normalized spacial score (nSPS) is 20.6. The Balaban J connectivity index is 1.80. The molecule has 2 heterocycles. The Morgan fingerprint density at radius 1 is 1.16 bits per heavy atom. The van der Waals surface area contributed by atoms with E-state index in [0.29, 0.717) is 24.5 Å². The summed E-state index contributed by atoms with van der Waals surface area (Å²) in [5.74, 6) is 0.108. The molecule has 1 N–H and O–H groups in total. The Morgan fingerprint density at radius 2 is 1.96 bits per heavy atom. The molecule has 1 fully saturated rings. The zero-order valence-corrected chi connectivity index (χ0v) is 13.5. The van der Waals surface area contributed by atoms with Crippen LogP contribution in [0.5, 0.6) is 11.5 Å². The maximum Gasteiger partial charge on any atom is 0.320 e. The highest BCUT2D eigenvalue weighted by Crippen LogP contribution is 2.40. The highest BCUT2D eigenvalue weighted by molar-refractivity contribution is 5.74. The third-order valence-corrected chi connectivity index (χ3v) is 4.79. The summed E-state index contributed by atoms with van der Waals surface area (Å²) in [4.78, 5) is 13.6. The first kappa shape index (κ1) is 15.9. The lowest BCUT2D eigenvalue weighted by Crippen LogP contribution is -2.39. The van der Waals surface area contributed by atoms with Crippen LogP contribution >= 0.6 is 0 Å². The van der Waals surface area contributed by atoms with Crippen molar-refractivity contribution in [2.75, 3.05) is 13.3 Å². The van der Waals surface area contributed by atoms with Crippen LogP contribution in [0.15, 0.2) is 42.5 Å². The molecule has 2 unspecified atom stereocenters. The van der Waals surface area contributed by atoms with E-state index in [1.807, 2.05) is 29.2 Å². The Labute approximate surface area is 144 Å². The molecule has 4 rings (SSSR count). The Morgan fingerprint density at radius 3 is 2.76 bits per heavy atom. The van der Waals surface area contributed by atoms with Crippen molar-refractivity contribution in [3.63, 3.8) is 0 Å². The van der Waals surface area contributed by atoms with Gasteiger partial charge in [0.25, 0.3) is 0 Å². The van der Waals surface area contributed by atoms with Gasteiger partial charge in [0.05, 0.1) is 6.04 Å². The summed E-state index contributed by atoms with van der Waals surface area (Å²) in [5, 5.41) is 9.58. The van der Waals surface area contributed by atoms with Gasteiger partial charge < -0.3 is 14.6 Å². The van der Waals surface area contributed by atoms with Crippen LogP contribution in [-0.2, 0) is 4.79 Å². The summed E-state index contributed by atoms with van der Waals surface area (Å²) in [6, 6.07) is 11.0. The molecular formula is C19H18FNO4. The number of carbonyl (C=O) groups is 1. The first-order valence-corrected chi connectivity index (χ1v) is 8.27. The molecule has 2 aliphatic heterocycles. The second-order valence-electron chi connectivity index (χ2n) is 6.30. The van der Waals surface area contributed by atoms with E-state index in [1.54, 1.807) is 6.07 Å². The van der Waals surface area contributed by atoms with Crippen LogP contribution in [0.2, 0.25) is 0 Å². The van der Waals surface area contributed by atoms with Crippen LogP contribution in [0.4, 0.5) is 4.39 Å². The van der Waals surface area contributed by atoms with Gasteiger partial charge >= 0.3 is 5.97 Å². The molecular weight excluding hydrogens is 325 g/mol. The van der Waals surface area contributed by atoms with Crippen LogP contribution in [0.1, 0.15) is 30.0 Å². The first-order valence-electron chi connectivity index (χ1n) is 8.27. The molecule has 1 saturated heterocycles. The largest absolute Gasteiger partial charge is 0.480 e. The molecule has 0 aliphatic carbocycles. The molecule has 2 atom stereocenters. The minimum atomic E-state index is -0.848. The van der Waals surface area contributed by atoms with E-state index >= 15 is 0 Å². The molecule has 130 valence electrons. The summed E-state index contributed by atoms with van der Waals surface area (Å²) in [7, 11) is 0. The van der Waals surface area contributed by atoms with Gasteiger partial charge in [0.2, 0.25) is 6.79 Å². The van der Waals surface area contributed by atoms with Gasteiger partial charge in [0, 0.05) is 6.54 Å². The standard InChI is InChI=1S/C19H18FNO4/c20-14-4-1-3-12(9-14)18(21-8-2-5-15(21)19(22)23)13-6-7-16-17(10-13)25-11-24-16/h1,3-4,6-7,9-10,15,18H,2,5,8,11H2,(H,22,23). The van der Waals surface area contributed by atoms with E-state index in [9.17, 15) is 14.3 Å². The number of hydrogen-bond donors (Lipinski definition) is 1. The monoisotopic (exact) mass is 343 g/mol. The number of carboxylic acids is 1. The molecule has 0 saturated carbocycles. The van der Waals surface area contributed by atoms with Crippen LogP contribution < -0.4 is 9.47 Å². The van der Waals surface area contributed by atoms with E-state index in [0.717, 1.165) is 17.5 Å². The lowest BCUT2D eigenvalue weighted by Gasteiger charge is -2.32. The number of halogens is 1. The highest BCUT2D eigenvalue weighted by atomic mass is 19.1. The summed E-state index contributed by atoms with van der Waals surface area (Å²) in [6.45, 7) is 0.817. The maximum absolute atomic E-state index is 13.8. The number of hydrogen-bond acceptors (Lipinski definition) is 4. The van der Waals surface area contributed by atoms with Crippen molar-refractivity contribution in [2.24, 2.45) is 0 Å². The third-order valence-electron chi connectivity index (χ3n) is 4.79. The van der Waals surface area contributed by atoms with Gasteiger partial charge in [-0.15, -0.1) is 0 Å². The molecule has 5 nitrogen and oxygen atoms in total. The number of aliphatic carboxylic acids is 1. The van der Waals surface area contributed by atoms with Gasteiger partial charge in [-0.3, -0.25) is 9.69 Å². The molecule has 2 aromatic rings. The molecule has 25 heavy (non-hydrogen) atoms. The lowest BCUT2D eigenvalue weighted by molar-refractivity contribution is -0.142. The van der Waals surface area contributed by atoms with Gasteiger partial charge in [-0.1, -0.05) is 18.2 Å². The van der Waals surface area contributed by atoms with Crippen molar-refractivity contribution < 1.29 is 23.8 Å². The number of rotatable bonds is 4. The molecule has 0 aromatic heterocycles. The van der Waals surface area contributed by atoms with E-state index in [2.05, 4.69) is 0 Å². The number of likely N-dealkylation sites (tertiary alicyclic amines) is 1. The zero-order valence-electron chi connectivity index (χ0n) is 13.5. The molecule has 0 radical (unpaired) electrons. The predicted molar refractivity (Wildman–Crippen MR) is 88.2 cm³/mol. The van der Waals surface area contributed by atoms with Gasteiger partial charge in [-0.05, 0) is 48.2 Å². The molecule has 0 bridgehead atoms. The summed E-state index contributed by atoms with van der Waals surface area (Å²) in [6.07, 6.45) is 1.39. The zero-order chi connectivity index (χ0) is 17.4. The smallest absolute Gasteiger partial charge is 0.320 e. The predicted octanol–water partition coefficient (Wildman–Crippen LogP) is 3.19. The Hall–Kier alpha value is -2.60. The number of ether oxygens (including phenoxy) is 2. The minimum absolute atomic E-state index is 0.172. The van der Waals surface area contributed by atoms with Crippen molar-refractivity contribution in [1.29, 1.82) is 0 Å². The second kappa shape index (κ2) is 6.37. The first-order chi connectivity index (χ1) is 12.1.